The Bertz CT molecular complexity index is 2960. The topological polar surface area (TPSA) is 31.2 Å². The summed E-state index contributed by atoms with van der Waals surface area (Å²) >= 11 is 0. The molecule has 0 aliphatic rings. The first-order valence-corrected chi connectivity index (χ1v) is 9.74. The Morgan fingerprint density at radius 1 is 0.515 bits per heavy atom. The van der Waals surface area contributed by atoms with Gasteiger partial charge in [0.05, 0.1) is 34.3 Å². The maximum atomic E-state index is 9.40. The average molecular weight is 441 g/mol. The summed E-state index contributed by atoms with van der Waals surface area (Å²) in [6.45, 7) is 0. The fourth-order valence-corrected chi connectivity index (χ4v) is 4.19. The zero-order valence-electron chi connectivity index (χ0n) is 33.3. The van der Waals surface area contributed by atoms with Gasteiger partial charge in [-0.2, -0.15) is 0 Å². The summed E-state index contributed by atoms with van der Waals surface area (Å²) in [7, 11) is 0. The van der Waals surface area contributed by atoms with Crippen molar-refractivity contribution in [2.75, 3.05) is 0 Å². The van der Waals surface area contributed by atoms with Gasteiger partial charge in [-0.15, -0.1) is 0 Å². The molecule has 0 amide bonds. The van der Waals surface area contributed by atoms with Crippen LogP contribution in [-0.2, 0) is 0 Å². The second-order valence-electron chi connectivity index (χ2n) is 7.28. The fourth-order valence-electron chi connectivity index (χ4n) is 4.19. The van der Waals surface area contributed by atoms with Crippen LogP contribution in [0.3, 0.4) is 0 Å². The van der Waals surface area contributed by atoms with Gasteiger partial charge in [0.1, 0.15) is 16.7 Å². The van der Waals surface area contributed by atoms with E-state index in [2.05, 4.69) is 0 Å². The number of para-hydroxylation sites is 3. The van der Waals surface area contributed by atoms with Gasteiger partial charge in [-0.05, 0) is 42.3 Å². The first-order valence-electron chi connectivity index (χ1n) is 18.2. The molecule has 8 rings (SSSR count). The molecule has 8 aromatic rings. The minimum atomic E-state index is -0.738. The molecule has 0 atom stereocenters. The van der Waals surface area contributed by atoms with E-state index in [-0.39, 0.29) is 54.5 Å². The standard InChI is InChI=1S/C30H17NO2/c1-4-10-25-19(7-1)22-14-15-23-20-8-2-6-12-27(20)33-30(23)29(22)31(25)18-13-16-28-24(17-18)21-9-3-5-11-26(21)32-28/h1-17H/i1D,2D,3D,4D,5D,6D,7D,8D,9D,10D,11D,12D,13D,14D,15D,16D,17D. The van der Waals surface area contributed by atoms with Crippen LogP contribution in [0.15, 0.2) is 112 Å². The first-order chi connectivity index (χ1) is 23.4. The van der Waals surface area contributed by atoms with Gasteiger partial charge >= 0.3 is 0 Å². The number of hydrogen-bond donors (Lipinski definition) is 0. The van der Waals surface area contributed by atoms with Crippen LogP contribution >= 0.6 is 0 Å². The van der Waals surface area contributed by atoms with Gasteiger partial charge < -0.3 is 13.4 Å². The van der Waals surface area contributed by atoms with Gasteiger partial charge in [0, 0.05) is 38.0 Å². The van der Waals surface area contributed by atoms with E-state index in [1.807, 2.05) is 0 Å². The minimum absolute atomic E-state index is 0.256. The molecule has 0 N–H and O–H groups in total. The lowest BCUT2D eigenvalue weighted by atomic mass is 10.1. The van der Waals surface area contributed by atoms with E-state index in [0.717, 1.165) is 4.57 Å². The SMILES string of the molecule is [2H]c1c([2H])c([2H])c2c(oc3c([2H])c([2H])c(-n4c5c([2H])c([2H])c([2H])c([2H])c5c5c([2H])c([2H])c6c(oc7c([2H])c([2H])c([2H])c([2H])c76)c54)c([2H])c32)c1[2H]. The molecule has 0 aliphatic heterocycles. The lowest BCUT2D eigenvalue weighted by Crippen LogP contribution is -1.93. The molecule has 3 heterocycles. The second-order valence-corrected chi connectivity index (χ2v) is 7.28. The molecule has 0 aliphatic carbocycles. The van der Waals surface area contributed by atoms with Gasteiger partial charge in [-0.1, -0.05) is 60.4 Å². The number of furan rings is 2. The number of nitrogens with zero attached hydrogens (tertiary/aromatic N) is 1. The second kappa shape index (κ2) is 6.05. The van der Waals surface area contributed by atoms with Crippen molar-refractivity contribution in [3.63, 3.8) is 0 Å². The van der Waals surface area contributed by atoms with Crippen LogP contribution in [0.4, 0.5) is 0 Å². The quantitative estimate of drug-likeness (QED) is 0.256. The Balaban J connectivity index is 1.74. The zero-order valence-corrected chi connectivity index (χ0v) is 16.3. The summed E-state index contributed by atoms with van der Waals surface area (Å²) in [5.74, 6) is 0. The summed E-state index contributed by atoms with van der Waals surface area (Å²) in [6.07, 6.45) is 0. The molecule has 0 spiro atoms. The summed E-state index contributed by atoms with van der Waals surface area (Å²) in [6, 6.07) is -11.1. The lowest BCUT2D eigenvalue weighted by molar-refractivity contribution is 0.669. The van der Waals surface area contributed by atoms with Crippen LogP contribution < -0.4 is 0 Å². The van der Waals surface area contributed by atoms with Crippen molar-refractivity contribution < 1.29 is 32.1 Å². The Morgan fingerprint density at radius 3 is 2.00 bits per heavy atom. The molecule has 3 nitrogen and oxygen atoms in total. The van der Waals surface area contributed by atoms with Crippen LogP contribution in [0.25, 0.3) is 71.4 Å². The molecule has 0 bridgehead atoms. The molecule has 0 unspecified atom stereocenters. The number of hydrogen-bond acceptors (Lipinski definition) is 2. The van der Waals surface area contributed by atoms with E-state index in [1.54, 1.807) is 0 Å². The predicted octanol–water partition coefficient (Wildman–Crippen LogP) is 8.58. The first kappa shape index (κ1) is 7.82. The van der Waals surface area contributed by atoms with Crippen LogP contribution in [0.5, 0.6) is 0 Å². The highest BCUT2D eigenvalue weighted by Gasteiger charge is 2.19. The zero-order chi connectivity index (χ0) is 36.3. The van der Waals surface area contributed by atoms with Crippen LogP contribution in [0.2, 0.25) is 0 Å². The molecule has 33 heavy (non-hydrogen) atoms. The van der Waals surface area contributed by atoms with Crippen molar-refractivity contribution in [1.82, 2.24) is 4.57 Å². The molecule has 5 aromatic carbocycles. The van der Waals surface area contributed by atoms with Crippen molar-refractivity contribution in [1.29, 1.82) is 0 Å². The summed E-state index contributed by atoms with van der Waals surface area (Å²) in [5.41, 5.74) is -2.77. The summed E-state index contributed by atoms with van der Waals surface area (Å²) in [4.78, 5) is 0. The third-order valence-corrected chi connectivity index (χ3v) is 5.56. The Hall–Kier alpha value is -4.50. The Labute approximate surface area is 211 Å². The molecule has 3 aromatic heterocycles. The van der Waals surface area contributed by atoms with E-state index in [1.165, 1.54) is 0 Å². The van der Waals surface area contributed by atoms with E-state index < -0.39 is 120 Å². The van der Waals surface area contributed by atoms with Crippen molar-refractivity contribution in [2.45, 2.75) is 0 Å². The fraction of sp³-hybridized carbons (Fsp3) is 0. The molecule has 0 radical (unpaired) electrons. The number of fused-ring (bicyclic) bond motifs is 10. The van der Waals surface area contributed by atoms with E-state index in [9.17, 15) is 1.37 Å². The van der Waals surface area contributed by atoms with Gasteiger partial charge in [0.15, 0.2) is 5.58 Å². The molecular weight excluding hydrogens is 406 g/mol. The summed E-state index contributed by atoms with van der Waals surface area (Å²) < 4.78 is 160. The predicted molar refractivity (Wildman–Crippen MR) is 135 cm³/mol. The smallest absolute Gasteiger partial charge is 0.160 e. The summed E-state index contributed by atoms with van der Waals surface area (Å²) in [5, 5.41) is -1.70. The van der Waals surface area contributed by atoms with Crippen LogP contribution in [-0.4, -0.2) is 4.57 Å². The Kier molecular flexibility index (Phi) is 1.43. The van der Waals surface area contributed by atoms with Crippen LogP contribution in [0.1, 0.15) is 23.3 Å². The maximum absolute atomic E-state index is 9.40. The van der Waals surface area contributed by atoms with Crippen molar-refractivity contribution in [2.24, 2.45) is 0 Å². The van der Waals surface area contributed by atoms with Gasteiger partial charge in [0.25, 0.3) is 0 Å². The normalized spacial score (nSPS) is 19.5. The van der Waals surface area contributed by atoms with E-state index in [4.69, 9.17) is 30.8 Å². The Morgan fingerprint density at radius 2 is 1.15 bits per heavy atom. The van der Waals surface area contributed by atoms with Crippen molar-refractivity contribution >= 4 is 65.7 Å². The van der Waals surface area contributed by atoms with Gasteiger partial charge in [0.2, 0.25) is 0 Å². The number of benzene rings is 5. The van der Waals surface area contributed by atoms with Crippen molar-refractivity contribution in [3.05, 3.63) is 103 Å². The highest BCUT2D eigenvalue weighted by molar-refractivity contribution is 6.21. The number of rotatable bonds is 1. The third kappa shape index (κ3) is 2.18. The monoisotopic (exact) mass is 440 g/mol. The highest BCUT2D eigenvalue weighted by Crippen LogP contribution is 2.41. The van der Waals surface area contributed by atoms with E-state index in [0.29, 0.717) is 0 Å². The molecular formula is C30H17NO2. The molecule has 0 fully saturated rings. The largest absolute Gasteiger partial charge is 0.456 e. The lowest BCUT2D eigenvalue weighted by Gasteiger charge is -2.08. The molecule has 3 heteroatoms. The van der Waals surface area contributed by atoms with Gasteiger partial charge in [-0.25, -0.2) is 0 Å². The molecule has 0 saturated heterocycles. The average Bonchev–Trinajstić information content (AvgIpc) is 3.79. The van der Waals surface area contributed by atoms with Gasteiger partial charge in [-0.3, -0.25) is 0 Å². The molecule has 154 valence electrons. The highest BCUT2D eigenvalue weighted by atomic mass is 16.3. The van der Waals surface area contributed by atoms with Crippen molar-refractivity contribution in [3.8, 4) is 5.69 Å². The van der Waals surface area contributed by atoms with Crippen LogP contribution in [0, 0.1) is 0 Å². The number of aromatic nitrogens is 1. The maximum Gasteiger partial charge on any atom is 0.160 e. The third-order valence-electron chi connectivity index (χ3n) is 5.56. The minimum Gasteiger partial charge on any atom is -0.456 e. The molecule has 0 saturated carbocycles. The van der Waals surface area contributed by atoms with E-state index >= 15 is 0 Å².